The van der Waals surface area contributed by atoms with Crippen molar-refractivity contribution in [3.63, 3.8) is 0 Å². The van der Waals surface area contributed by atoms with Crippen molar-refractivity contribution in [1.29, 1.82) is 0 Å². The number of rotatable bonds is 24. The number of hydrogen-bond donors (Lipinski definition) is 4. The van der Waals surface area contributed by atoms with E-state index in [0.29, 0.717) is 0 Å². The topological polar surface area (TPSA) is 82.3 Å². The van der Waals surface area contributed by atoms with Crippen LogP contribution in [0.4, 0.5) is 50.4 Å². The monoisotopic (exact) mass is 2240 g/mol. The minimum Gasteiger partial charge on any atom is -2.00 e. The summed E-state index contributed by atoms with van der Waals surface area (Å²) in [7, 11) is -30.1. The molecule has 0 amide bonds. The molecule has 0 atom stereocenters. The molecule has 0 radical (unpaired) electrons. The molecule has 0 aliphatic rings. The van der Waals surface area contributed by atoms with Crippen molar-refractivity contribution >= 4 is 190 Å². The zero-order chi connectivity index (χ0) is 93.2. The Hall–Kier alpha value is -7.41. The van der Waals surface area contributed by atoms with Crippen molar-refractivity contribution in [1.82, 2.24) is 19.4 Å². The van der Waals surface area contributed by atoms with Crippen LogP contribution < -0.4 is 104 Å². The molecular formula is C102H104Cu4F12N4O2P10S+8. The van der Waals surface area contributed by atoms with Gasteiger partial charge in [0.05, 0.1) is 0 Å². The van der Waals surface area contributed by atoms with E-state index < -0.39 is 80.2 Å². The fraction of sp³-hybridized carbons (Fsp3) is 0.0392. The maximum absolute atomic E-state index is 10.7. The molecule has 0 fully saturated rings. The molecule has 0 aliphatic carbocycles. The summed E-state index contributed by atoms with van der Waals surface area (Å²) in [6.07, 6.45) is 0. The molecule has 16 aromatic rings. The first-order valence-corrected chi connectivity index (χ1v) is 57.1. The van der Waals surface area contributed by atoms with E-state index in [0.717, 1.165) is 0 Å². The minimum absolute atomic E-state index is 0. The molecule has 16 rings (SSSR count). The number of nitrogens with one attached hydrogen (secondary N) is 4. The smallest absolute Gasteiger partial charge is 1.00 e. The summed E-state index contributed by atoms with van der Waals surface area (Å²) in [6, 6.07) is 174. The van der Waals surface area contributed by atoms with E-state index in [2.05, 4.69) is 505 Å². The first-order valence-electron chi connectivity index (χ1n) is 41.0. The van der Waals surface area contributed by atoms with Crippen molar-refractivity contribution < 1.29 is 128 Å². The Bertz CT molecular complexity index is 4560. The average Bonchev–Trinajstić information content (AvgIpc) is 0.788. The van der Waals surface area contributed by atoms with Gasteiger partial charge >= 0.3 is 134 Å². The molecule has 4 N–H and O–H groups in total. The minimum atomic E-state index is -10.7. The van der Waals surface area contributed by atoms with Gasteiger partial charge in [-0.15, -0.1) is 0 Å². The van der Waals surface area contributed by atoms with Crippen LogP contribution in [0.1, 0.15) is 27.7 Å². The number of halogens is 12. The van der Waals surface area contributed by atoms with Gasteiger partial charge in [-0.05, 0) is 222 Å². The second-order valence-electron chi connectivity index (χ2n) is 29.1. The van der Waals surface area contributed by atoms with Crippen molar-refractivity contribution in [3.05, 3.63) is 485 Å². The Kier molecular flexibility index (Phi) is 52.0. The van der Waals surface area contributed by atoms with Crippen LogP contribution in [0.3, 0.4) is 0 Å². The van der Waals surface area contributed by atoms with Gasteiger partial charge in [0, 0.05) is 0 Å². The SMILES string of the molecule is CC(C)=O.CC(C)=O.F[P-](F)(F)(F)(F)F.F[P-](F)(F)(F)(F)F.[Cu+].[Cu+].[Cu+].[Cu+].[S-2].c1ccc([PH+](N[PH+](c2ccccc2)c2ccccc2)c2ccccc2)cc1.c1ccc([PH+](N[PH+](c2ccccc2)c2ccccc2)c2ccccc2)cc1.c1ccc([PH+](N[PH+](c2ccccc2)c2ccccc2)c2ccccc2)cc1.c1ccc([PH+](N[PH+](c2ccccc2)c2ccccc2)c2ccccc2)cc1. The average molecular weight is 2240 g/mol. The van der Waals surface area contributed by atoms with Gasteiger partial charge in [-0.3, -0.25) is 0 Å². The fourth-order valence-corrected chi connectivity index (χ4v) is 37.0. The molecule has 720 valence electrons. The first kappa shape index (κ1) is 120. The molecule has 0 saturated carbocycles. The van der Waals surface area contributed by atoms with Crippen LogP contribution in [0.25, 0.3) is 0 Å². The number of ketones is 2. The van der Waals surface area contributed by atoms with Crippen molar-refractivity contribution in [2.75, 3.05) is 0 Å². The van der Waals surface area contributed by atoms with Gasteiger partial charge in [0.1, 0.15) is 96.4 Å². The summed E-state index contributed by atoms with van der Waals surface area (Å²) >= 11 is 0. The van der Waals surface area contributed by atoms with Gasteiger partial charge in [-0.25, -0.2) is 0 Å². The summed E-state index contributed by atoms with van der Waals surface area (Å²) in [6.45, 7) is 6.11. The molecule has 0 spiro atoms. The summed E-state index contributed by atoms with van der Waals surface area (Å²) < 4.78 is 118. The second-order valence-corrected chi connectivity index (χ2v) is 52.2. The number of Topliss-reactive ketones (excluding diaryl/α,β-unsaturated/α-hetero) is 2. The molecule has 0 heterocycles. The van der Waals surface area contributed by atoms with Gasteiger partial charge in [0.2, 0.25) is 0 Å². The van der Waals surface area contributed by atoms with Crippen LogP contribution >= 0.6 is 80.2 Å². The molecule has 0 aromatic heterocycles. The van der Waals surface area contributed by atoms with Crippen molar-refractivity contribution in [3.8, 4) is 0 Å². The fourth-order valence-electron chi connectivity index (χ4n) is 12.7. The molecule has 0 unspecified atom stereocenters. The van der Waals surface area contributed by atoms with Crippen LogP contribution in [0.5, 0.6) is 0 Å². The van der Waals surface area contributed by atoms with Crippen LogP contribution in [0, 0.1) is 0 Å². The zero-order valence-electron chi connectivity index (χ0n) is 73.0. The maximum atomic E-state index is 9.87. The van der Waals surface area contributed by atoms with E-state index in [1.54, 1.807) is 0 Å². The predicted molar refractivity (Wildman–Crippen MR) is 563 cm³/mol. The quantitative estimate of drug-likeness (QED) is 0.0274. The van der Waals surface area contributed by atoms with E-state index in [1.165, 1.54) is 113 Å². The third kappa shape index (κ3) is 48.8. The Morgan fingerprint density at radius 3 is 0.244 bits per heavy atom. The van der Waals surface area contributed by atoms with Gasteiger partial charge < -0.3 is 23.1 Å². The third-order valence-electron chi connectivity index (χ3n) is 18.0. The molecule has 33 heteroatoms. The van der Waals surface area contributed by atoms with E-state index in [4.69, 9.17) is 0 Å². The van der Waals surface area contributed by atoms with Gasteiger partial charge in [0.25, 0.3) is 0 Å². The normalized spacial score (nSPS) is 11.6. The number of benzene rings is 16. The largest absolute Gasteiger partial charge is 2.00 e. The van der Waals surface area contributed by atoms with Gasteiger partial charge in [-0.1, -0.05) is 311 Å². The van der Waals surface area contributed by atoms with E-state index in [-0.39, 0.29) is 93.3 Å². The standard InChI is InChI=1S/4C24H21NP2.2C3H6O.4Cu.2F6P.S/c4*1-5-13-21(14-6-1)26(22-15-7-2-8-16-22)25-27(23-17-9-3-10-18-23)24-19-11-4-12-20-24;2*1-3(2)4;;;;;2*1-7(2,3,4,5)6;/h4*1-20,25H;2*1-2H3;;;;;;;/q;;;;;;4*+1;2*-1;-2/p+8. The van der Waals surface area contributed by atoms with Gasteiger partial charge in [0.15, 0.2) is 64.6 Å². The first-order chi connectivity index (χ1) is 62.0. The van der Waals surface area contributed by atoms with Crippen LogP contribution in [-0.2, 0) is 91.4 Å². The summed E-state index contributed by atoms with van der Waals surface area (Å²) in [5, 5.41) is 22.3. The Balaban J connectivity index is 0.000000345. The van der Waals surface area contributed by atoms with Crippen molar-refractivity contribution in [2.24, 2.45) is 0 Å². The summed E-state index contributed by atoms with van der Waals surface area (Å²) in [5.74, 6) is 0.333. The van der Waals surface area contributed by atoms with E-state index >= 15 is 0 Å². The van der Waals surface area contributed by atoms with Crippen molar-refractivity contribution in [2.45, 2.75) is 27.7 Å². The van der Waals surface area contributed by atoms with Crippen LogP contribution in [0.2, 0.25) is 0 Å². The molecular weight excluding hydrogens is 2140 g/mol. The summed E-state index contributed by atoms with van der Waals surface area (Å²) in [5.41, 5.74) is 0. The molecule has 135 heavy (non-hydrogen) atoms. The molecule has 0 bridgehead atoms. The number of hydrogen-bond acceptors (Lipinski definition) is 6. The Morgan fingerprint density at radius 2 is 0.200 bits per heavy atom. The molecule has 0 aliphatic heterocycles. The van der Waals surface area contributed by atoms with Gasteiger partial charge in [-0.2, -0.15) is 0 Å². The van der Waals surface area contributed by atoms with E-state index in [1.807, 2.05) is 0 Å². The van der Waals surface area contributed by atoms with Crippen LogP contribution in [0.15, 0.2) is 485 Å². The molecule has 6 nitrogen and oxygen atoms in total. The number of carbonyl (C=O) groups is 2. The molecule has 16 aromatic carbocycles. The number of carbonyl (C=O) groups excluding carboxylic acids is 2. The Morgan fingerprint density at radius 1 is 0.156 bits per heavy atom. The predicted octanol–water partition coefficient (Wildman–Crippen LogP) is 24.5. The molecule has 0 saturated heterocycles. The summed E-state index contributed by atoms with van der Waals surface area (Å²) in [4.78, 5) is 35.4. The maximum Gasteiger partial charge on any atom is 1.00 e. The van der Waals surface area contributed by atoms with E-state index in [9.17, 15) is 60.0 Å². The second kappa shape index (κ2) is 58.6. The Labute approximate surface area is 843 Å². The van der Waals surface area contributed by atoms with Crippen LogP contribution in [-0.4, -0.2) is 11.6 Å². The zero-order valence-corrected chi connectivity index (χ0v) is 87.4. The third-order valence-corrected chi connectivity index (χ3v) is 40.6.